The Morgan fingerprint density at radius 2 is 2.14 bits per heavy atom. The first kappa shape index (κ1) is 10.2. The summed E-state index contributed by atoms with van der Waals surface area (Å²) in [5.41, 5.74) is 6.51. The lowest BCUT2D eigenvalue weighted by Gasteiger charge is -2.08. The normalized spacial score (nSPS) is 9.57. The minimum Gasteiger partial charge on any atom is -0.495 e. The molecule has 0 aliphatic heterocycles. The number of amides is 1. The molecule has 0 aliphatic rings. The predicted molar refractivity (Wildman–Crippen MR) is 51.6 cm³/mol. The van der Waals surface area contributed by atoms with E-state index in [4.69, 9.17) is 10.5 Å². The minimum atomic E-state index is -0.603. The van der Waals surface area contributed by atoms with Crippen molar-refractivity contribution in [2.75, 3.05) is 7.11 Å². The third-order valence-electron chi connectivity index (χ3n) is 1.86. The summed E-state index contributed by atoms with van der Waals surface area (Å²) >= 11 is 0. The number of ether oxygens (including phenoxy) is 1. The van der Waals surface area contributed by atoms with Gasteiger partial charge in [0.05, 0.1) is 18.2 Å². The Morgan fingerprint density at radius 1 is 1.50 bits per heavy atom. The fourth-order valence-corrected chi connectivity index (χ4v) is 1.30. The van der Waals surface area contributed by atoms with Crippen molar-refractivity contribution in [2.24, 2.45) is 5.73 Å². The quantitative estimate of drug-likeness (QED) is 0.725. The van der Waals surface area contributed by atoms with Gasteiger partial charge < -0.3 is 10.5 Å². The van der Waals surface area contributed by atoms with Gasteiger partial charge in [0, 0.05) is 0 Å². The maximum absolute atomic E-state index is 11.0. The monoisotopic (exact) mass is 193 g/mol. The lowest BCUT2D eigenvalue weighted by molar-refractivity contribution is 0.0997. The molecule has 0 saturated heterocycles. The molecule has 1 aromatic carbocycles. The maximum atomic E-state index is 11.0. The van der Waals surface area contributed by atoms with Crippen molar-refractivity contribution in [3.8, 4) is 5.75 Å². The average Bonchev–Trinajstić information content (AvgIpc) is 2.16. The lowest BCUT2D eigenvalue weighted by atomic mass is 10.0. The molecule has 0 aliphatic carbocycles. The number of carbonyl (C=O) groups is 2. The van der Waals surface area contributed by atoms with Crippen LogP contribution >= 0.6 is 0 Å². The predicted octanol–water partition coefficient (Wildman–Crippen LogP) is 0.915. The third-order valence-corrected chi connectivity index (χ3v) is 1.86. The SMILES string of the molecule is COc1c(C=O)cc(C)cc1C(N)=O. The fourth-order valence-electron chi connectivity index (χ4n) is 1.30. The summed E-state index contributed by atoms with van der Waals surface area (Å²) < 4.78 is 4.95. The Labute approximate surface area is 81.7 Å². The lowest BCUT2D eigenvalue weighted by Crippen LogP contribution is -2.13. The van der Waals surface area contributed by atoms with Gasteiger partial charge in [0.25, 0.3) is 5.91 Å². The molecule has 0 unspecified atom stereocenters. The van der Waals surface area contributed by atoms with Gasteiger partial charge in [0.1, 0.15) is 5.75 Å². The summed E-state index contributed by atoms with van der Waals surface area (Å²) in [7, 11) is 1.39. The highest BCUT2D eigenvalue weighted by Crippen LogP contribution is 2.23. The molecule has 0 fully saturated rings. The van der Waals surface area contributed by atoms with E-state index in [-0.39, 0.29) is 11.3 Å². The van der Waals surface area contributed by atoms with Crippen LogP contribution < -0.4 is 10.5 Å². The van der Waals surface area contributed by atoms with E-state index in [1.54, 1.807) is 19.1 Å². The highest BCUT2D eigenvalue weighted by Gasteiger charge is 2.13. The van der Waals surface area contributed by atoms with Crippen LogP contribution in [0.1, 0.15) is 26.3 Å². The molecule has 0 heterocycles. The zero-order valence-corrected chi connectivity index (χ0v) is 8.03. The van der Waals surface area contributed by atoms with Gasteiger partial charge in [-0.3, -0.25) is 9.59 Å². The molecule has 0 aromatic heterocycles. The van der Waals surface area contributed by atoms with Crippen molar-refractivity contribution in [3.05, 3.63) is 28.8 Å². The number of benzene rings is 1. The number of hydrogen-bond acceptors (Lipinski definition) is 3. The van der Waals surface area contributed by atoms with Gasteiger partial charge in [-0.25, -0.2) is 0 Å². The second-order valence-corrected chi connectivity index (χ2v) is 2.92. The van der Waals surface area contributed by atoms with Gasteiger partial charge in [0.2, 0.25) is 0 Å². The molecule has 4 nitrogen and oxygen atoms in total. The average molecular weight is 193 g/mol. The van der Waals surface area contributed by atoms with E-state index in [1.165, 1.54) is 7.11 Å². The van der Waals surface area contributed by atoms with E-state index in [1.807, 2.05) is 0 Å². The van der Waals surface area contributed by atoms with E-state index >= 15 is 0 Å². The van der Waals surface area contributed by atoms with Gasteiger partial charge in [-0.1, -0.05) is 0 Å². The van der Waals surface area contributed by atoms with Gasteiger partial charge >= 0.3 is 0 Å². The molecule has 1 rings (SSSR count). The highest BCUT2D eigenvalue weighted by molar-refractivity contribution is 5.99. The van der Waals surface area contributed by atoms with Crippen molar-refractivity contribution in [3.63, 3.8) is 0 Å². The molecule has 0 radical (unpaired) electrons. The molecular weight excluding hydrogens is 182 g/mol. The summed E-state index contributed by atoms with van der Waals surface area (Å²) in [6, 6.07) is 3.23. The Bertz CT molecular complexity index is 385. The second kappa shape index (κ2) is 3.91. The van der Waals surface area contributed by atoms with Crippen LogP contribution in [0.2, 0.25) is 0 Å². The van der Waals surface area contributed by atoms with E-state index in [9.17, 15) is 9.59 Å². The van der Waals surface area contributed by atoms with Crippen molar-refractivity contribution >= 4 is 12.2 Å². The van der Waals surface area contributed by atoms with Crippen LogP contribution in [0.15, 0.2) is 12.1 Å². The standard InChI is InChI=1S/C10H11NO3/c1-6-3-7(5-12)9(14-2)8(4-6)10(11)13/h3-5H,1-2H3,(H2,11,13). The van der Waals surface area contributed by atoms with Crippen LogP contribution in [0.4, 0.5) is 0 Å². The van der Waals surface area contributed by atoms with Gasteiger partial charge in [-0.15, -0.1) is 0 Å². The van der Waals surface area contributed by atoms with Crippen molar-refractivity contribution in [1.29, 1.82) is 0 Å². The number of methoxy groups -OCH3 is 1. The summed E-state index contributed by atoms with van der Waals surface area (Å²) in [5.74, 6) is -0.369. The Kier molecular flexibility index (Phi) is 2.86. The summed E-state index contributed by atoms with van der Waals surface area (Å²) in [6.45, 7) is 1.78. The number of aldehydes is 1. The fraction of sp³-hybridized carbons (Fsp3) is 0.200. The van der Waals surface area contributed by atoms with Crippen LogP contribution in [-0.2, 0) is 0 Å². The van der Waals surface area contributed by atoms with Gasteiger partial charge in [-0.05, 0) is 24.6 Å². The molecule has 4 heteroatoms. The van der Waals surface area contributed by atoms with Gasteiger partial charge in [0.15, 0.2) is 6.29 Å². The molecule has 0 saturated carbocycles. The number of nitrogens with two attached hydrogens (primary N) is 1. The molecule has 0 spiro atoms. The molecular formula is C10H11NO3. The molecule has 0 atom stereocenters. The van der Waals surface area contributed by atoms with Crippen LogP contribution in [0, 0.1) is 6.92 Å². The van der Waals surface area contributed by atoms with E-state index in [0.29, 0.717) is 11.8 Å². The summed E-state index contributed by atoms with van der Waals surface area (Å²) in [4.78, 5) is 21.7. The van der Waals surface area contributed by atoms with E-state index in [2.05, 4.69) is 0 Å². The zero-order valence-electron chi connectivity index (χ0n) is 8.03. The first-order chi connectivity index (χ1) is 6.60. The largest absolute Gasteiger partial charge is 0.495 e. The number of primary amides is 1. The van der Waals surface area contributed by atoms with E-state index in [0.717, 1.165) is 5.56 Å². The van der Waals surface area contributed by atoms with Gasteiger partial charge in [-0.2, -0.15) is 0 Å². The first-order valence-electron chi connectivity index (χ1n) is 4.03. The molecule has 1 amide bonds. The van der Waals surface area contributed by atoms with Crippen LogP contribution in [0.3, 0.4) is 0 Å². The first-order valence-corrected chi connectivity index (χ1v) is 4.03. The number of carbonyl (C=O) groups excluding carboxylic acids is 2. The Hall–Kier alpha value is -1.84. The highest BCUT2D eigenvalue weighted by atomic mass is 16.5. The Balaban J connectivity index is 3.46. The minimum absolute atomic E-state index is 0.231. The number of aryl methyl sites for hydroxylation is 1. The Morgan fingerprint density at radius 3 is 2.57 bits per heavy atom. The van der Waals surface area contributed by atoms with Crippen molar-refractivity contribution < 1.29 is 14.3 Å². The molecule has 14 heavy (non-hydrogen) atoms. The van der Waals surface area contributed by atoms with E-state index < -0.39 is 5.91 Å². The smallest absolute Gasteiger partial charge is 0.252 e. The topological polar surface area (TPSA) is 69.4 Å². The molecule has 1 aromatic rings. The third kappa shape index (κ3) is 1.74. The number of hydrogen-bond donors (Lipinski definition) is 1. The second-order valence-electron chi connectivity index (χ2n) is 2.92. The van der Waals surface area contributed by atoms with Crippen molar-refractivity contribution in [2.45, 2.75) is 6.92 Å². The molecule has 0 bridgehead atoms. The summed E-state index contributed by atoms with van der Waals surface area (Å²) in [5, 5.41) is 0. The van der Waals surface area contributed by atoms with Crippen LogP contribution in [0.5, 0.6) is 5.75 Å². The molecule has 74 valence electrons. The maximum Gasteiger partial charge on any atom is 0.252 e. The van der Waals surface area contributed by atoms with Crippen LogP contribution in [0.25, 0.3) is 0 Å². The zero-order chi connectivity index (χ0) is 10.7. The number of rotatable bonds is 3. The summed E-state index contributed by atoms with van der Waals surface area (Å²) in [6.07, 6.45) is 0.637. The molecule has 2 N–H and O–H groups in total. The van der Waals surface area contributed by atoms with Crippen molar-refractivity contribution in [1.82, 2.24) is 0 Å². The van der Waals surface area contributed by atoms with Crippen LogP contribution in [-0.4, -0.2) is 19.3 Å².